The van der Waals surface area contributed by atoms with Gasteiger partial charge in [-0.3, -0.25) is 19.3 Å². The molecular formula is C45H52N8O6S. The highest BCUT2D eigenvalue weighted by molar-refractivity contribution is 7.13. The summed E-state index contributed by atoms with van der Waals surface area (Å²) in [6, 6.07) is 22.0. The van der Waals surface area contributed by atoms with Gasteiger partial charge in [0.1, 0.15) is 17.8 Å². The molecule has 314 valence electrons. The lowest BCUT2D eigenvalue weighted by atomic mass is 9.85. The SMILES string of the molecule is Cc1ncsc1-c1ccc(C(CO)NC(=O)[C@@H]2C[C@@H](O)CN2C(=O)C(NC(=O)CN2CCN(c3ccc(-c4cnnc(-c5ccccc5O)c4)cc3)CC2)C(C)(C)C)cc1. The van der Waals surface area contributed by atoms with E-state index in [4.69, 9.17) is 0 Å². The highest BCUT2D eigenvalue weighted by Crippen LogP contribution is 2.32. The van der Waals surface area contributed by atoms with E-state index < -0.39 is 41.5 Å². The topological polar surface area (TPSA) is 184 Å². The molecule has 3 amide bonds. The molecule has 5 aromatic rings. The normalized spacial score (nSPS) is 18.2. The standard InChI is InChI=1S/C45H52N8O6S/c1-28-41(60-27-46-28)31-11-9-30(10-12-31)37(26-54)48-43(58)38-22-34(55)24-53(38)44(59)42(45(2,3)4)49-40(57)25-51-17-19-52(20-18-51)33-15-13-29(14-16-33)32-21-36(50-47-23-32)35-7-5-6-8-39(35)56/h5-16,21,23,27,34,37-38,42,54-56H,17-20,22,24-26H2,1-4H3,(H,48,58)(H,49,57)/t34-,37?,38+,42?/m1/s1. The Morgan fingerprint density at radius 1 is 0.917 bits per heavy atom. The Balaban J connectivity index is 0.933. The largest absolute Gasteiger partial charge is 0.507 e. The number of amides is 3. The zero-order valence-electron chi connectivity index (χ0n) is 34.3. The zero-order valence-corrected chi connectivity index (χ0v) is 35.1. The predicted octanol–water partition coefficient (Wildman–Crippen LogP) is 4.41. The van der Waals surface area contributed by atoms with Gasteiger partial charge in [-0.15, -0.1) is 11.3 Å². The van der Waals surface area contributed by atoms with Crippen molar-refractivity contribution >= 4 is 34.7 Å². The Labute approximate surface area is 353 Å². The Kier molecular flexibility index (Phi) is 12.9. The number of hydrogen-bond acceptors (Lipinski definition) is 12. The van der Waals surface area contributed by atoms with E-state index in [1.807, 2.05) is 76.2 Å². The molecule has 60 heavy (non-hydrogen) atoms. The summed E-state index contributed by atoms with van der Waals surface area (Å²) in [6.07, 6.45) is 0.821. The van der Waals surface area contributed by atoms with Gasteiger partial charge in [0.05, 0.1) is 53.3 Å². The van der Waals surface area contributed by atoms with Gasteiger partial charge >= 0.3 is 0 Å². The van der Waals surface area contributed by atoms with Gasteiger partial charge < -0.3 is 35.8 Å². The number of carbonyl (C=O) groups is 3. The van der Waals surface area contributed by atoms with Crippen LogP contribution in [0.25, 0.3) is 32.8 Å². The summed E-state index contributed by atoms with van der Waals surface area (Å²) < 4.78 is 0. The molecule has 0 radical (unpaired) electrons. The van der Waals surface area contributed by atoms with Crippen LogP contribution in [0.4, 0.5) is 5.69 Å². The maximum atomic E-state index is 14.2. The number of phenolic OH excluding ortho intramolecular Hbond substituents is 1. The summed E-state index contributed by atoms with van der Waals surface area (Å²) in [5, 5.41) is 45.5. The second-order valence-corrected chi connectivity index (χ2v) is 17.4. The van der Waals surface area contributed by atoms with Crippen molar-refractivity contribution in [1.82, 2.24) is 35.6 Å². The fraction of sp³-hybridized carbons (Fsp3) is 0.378. The lowest BCUT2D eigenvalue weighted by Crippen LogP contribution is -2.59. The van der Waals surface area contributed by atoms with Crippen molar-refractivity contribution in [3.63, 3.8) is 0 Å². The first-order valence-corrected chi connectivity index (χ1v) is 21.1. The number of thiazole rings is 1. The van der Waals surface area contributed by atoms with Crippen LogP contribution in [0.2, 0.25) is 0 Å². The van der Waals surface area contributed by atoms with E-state index in [-0.39, 0.29) is 37.8 Å². The van der Waals surface area contributed by atoms with Crippen LogP contribution in [0.15, 0.2) is 90.6 Å². The summed E-state index contributed by atoms with van der Waals surface area (Å²) >= 11 is 1.54. The number of rotatable bonds is 12. The number of benzene rings is 3. The van der Waals surface area contributed by atoms with E-state index in [0.29, 0.717) is 43.0 Å². The number of likely N-dealkylation sites (tertiary alicyclic amines) is 1. The molecule has 2 aliphatic rings. The van der Waals surface area contributed by atoms with E-state index in [9.17, 15) is 29.7 Å². The molecule has 2 fully saturated rings. The smallest absolute Gasteiger partial charge is 0.246 e. The molecule has 2 aliphatic heterocycles. The minimum Gasteiger partial charge on any atom is -0.507 e. The first-order chi connectivity index (χ1) is 28.8. The third kappa shape index (κ3) is 9.65. The Bertz CT molecular complexity index is 2290. The fourth-order valence-corrected chi connectivity index (χ4v) is 8.67. The minimum absolute atomic E-state index is 0.0403. The number of carbonyl (C=O) groups excluding carboxylic acids is 3. The first-order valence-electron chi connectivity index (χ1n) is 20.2. The zero-order chi connectivity index (χ0) is 42.6. The van der Waals surface area contributed by atoms with Crippen LogP contribution in [0.3, 0.4) is 0 Å². The van der Waals surface area contributed by atoms with Gasteiger partial charge in [-0.25, -0.2) is 4.98 Å². The number of aromatic hydroxyl groups is 1. The summed E-state index contributed by atoms with van der Waals surface area (Å²) in [6.45, 7) is 9.91. The summed E-state index contributed by atoms with van der Waals surface area (Å²) in [5.74, 6) is -1.08. The molecule has 7 rings (SSSR count). The molecule has 0 aliphatic carbocycles. The van der Waals surface area contributed by atoms with Gasteiger partial charge in [0.25, 0.3) is 0 Å². The molecule has 14 nitrogen and oxygen atoms in total. The second-order valence-electron chi connectivity index (χ2n) is 16.6. The number of aromatic nitrogens is 3. The maximum Gasteiger partial charge on any atom is 0.246 e. The van der Waals surface area contributed by atoms with Gasteiger partial charge in [-0.2, -0.15) is 10.2 Å². The van der Waals surface area contributed by atoms with Crippen molar-refractivity contribution in [2.45, 2.75) is 58.3 Å². The third-order valence-electron chi connectivity index (χ3n) is 11.2. The van der Waals surface area contributed by atoms with Gasteiger partial charge in [0, 0.05) is 56.0 Å². The highest BCUT2D eigenvalue weighted by atomic mass is 32.1. The monoisotopic (exact) mass is 832 g/mol. The maximum absolute atomic E-state index is 14.2. The summed E-state index contributed by atoms with van der Waals surface area (Å²) in [7, 11) is 0. The Hall–Kier alpha value is -5.74. The number of nitrogens with one attached hydrogen (secondary N) is 2. The van der Waals surface area contributed by atoms with Crippen molar-refractivity contribution in [3.05, 3.63) is 102 Å². The summed E-state index contributed by atoms with van der Waals surface area (Å²) in [4.78, 5) is 52.6. The van der Waals surface area contributed by atoms with Gasteiger partial charge in [0.15, 0.2) is 0 Å². The lowest BCUT2D eigenvalue weighted by Gasteiger charge is -2.38. The number of β-amino-alcohol motifs (C(OH)–C–C–N with tert-alkyl or cyclic N) is 1. The van der Waals surface area contributed by atoms with Crippen LogP contribution in [0.1, 0.15) is 44.5 Å². The van der Waals surface area contributed by atoms with E-state index in [0.717, 1.165) is 32.9 Å². The van der Waals surface area contributed by atoms with E-state index in [1.54, 1.807) is 29.9 Å². The molecule has 3 aromatic carbocycles. The van der Waals surface area contributed by atoms with E-state index in [1.165, 1.54) is 16.2 Å². The number of nitrogens with zero attached hydrogens (tertiary/aromatic N) is 6. The van der Waals surface area contributed by atoms with Crippen molar-refractivity contribution in [1.29, 1.82) is 0 Å². The average Bonchev–Trinajstić information content (AvgIpc) is 3.87. The molecule has 5 N–H and O–H groups in total. The molecule has 0 saturated carbocycles. The number of hydrogen-bond donors (Lipinski definition) is 5. The van der Waals surface area contributed by atoms with Crippen LogP contribution in [-0.4, -0.2) is 122 Å². The Morgan fingerprint density at radius 3 is 2.27 bits per heavy atom. The Morgan fingerprint density at radius 2 is 1.62 bits per heavy atom. The van der Waals surface area contributed by atoms with Gasteiger partial charge in [-0.05, 0) is 59.4 Å². The summed E-state index contributed by atoms with van der Waals surface area (Å²) in [5.41, 5.74) is 7.81. The number of aliphatic hydroxyl groups is 2. The lowest BCUT2D eigenvalue weighted by molar-refractivity contribution is -0.144. The molecule has 4 heterocycles. The van der Waals surface area contributed by atoms with Crippen molar-refractivity contribution in [3.8, 4) is 38.6 Å². The molecule has 0 spiro atoms. The second kappa shape index (κ2) is 18.3. The van der Waals surface area contributed by atoms with Gasteiger partial charge in [-0.1, -0.05) is 69.3 Å². The van der Waals surface area contributed by atoms with Gasteiger partial charge in [0.2, 0.25) is 17.7 Å². The molecule has 15 heteroatoms. The number of phenols is 1. The minimum atomic E-state index is -0.979. The third-order valence-corrected chi connectivity index (χ3v) is 12.2. The van der Waals surface area contributed by atoms with Crippen LogP contribution in [0.5, 0.6) is 5.75 Å². The molecule has 0 bridgehead atoms. The van der Waals surface area contributed by atoms with Crippen molar-refractivity contribution in [2.75, 3.05) is 50.8 Å². The number of para-hydroxylation sites is 1. The molecule has 4 atom stereocenters. The quantitative estimate of drug-likeness (QED) is 0.120. The molecule has 2 saturated heterocycles. The van der Waals surface area contributed by atoms with Crippen LogP contribution in [0, 0.1) is 12.3 Å². The van der Waals surface area contributed by atoms with Crippen molar-refractivity contribution < 1.29 is 29.7 Å². The predicted molar refractivity (Wildman–Crippen MR) is 231 cm³/mol. The van der Waals surface area contributed by atoms with Crippen molar-refractivity contribution in [2.24, 2.45) is 5.41 Å². The number of aliphatic hydroxyl groups excluding tert-OH is 2. The average molecular weight is 833 g/mol. The number of piperazine rings is 1. The molecular weight excluding hydrogens is 781 g/mol. The molecule has 2 unspecified atom stereocenters. The fourth-order valence-electron chi connectivity index (χ4n) is 7.85. The van der Waals surface area contributed by atoms with Crippen LogP contribution < -0.4 is 15.5 Å². The number of anilines is 1. The van der Waals surface area contributed by atoms with Crippen LogP contribution in [-0.2, 0) is 14.4 Å². The van der Waals surface area contributed by atoms with E-state index in [2.05, 4.69) is 47.7 Å². The highest BCUT2D eigenvalue weighted by Gasteiger charge is 2.45. The van der Waals surface area contributed by atoms with Crippen LogP contribution >= 0.6 is 11.3 Å². The molecule has 2 aromatic heterocycles. The number of aryl methyl sites for hydroxylation is 1. The first kappa shape index (κ1) is 42.4. The van der Waals surface area contributed by atoms with E-state index >= 15 is 0 Å².